The average Bonchev–Trinajstić information content (AvgIpc) is 3.80. The van der Waals surface area contributed by atoms with Crippen LogP contribution < -0.4 is 0 Å². The van der Waals surface area contributed by atoms with Gasteiger partial charge in [-0.1, -0.05) is 135 Å². The molecule has 0 aromatic heterocycles. The maximum atomic E-state index is 3.21. The molecule has 4 fully saturated rings. The van der Waals surface area contributed by atoms with Crippen molar-refractivity contribution in [3.05, 3.63) is 106 Å². The van der Waals surface area contributed by atoms with Gasteiger partial charge in [-0.05, 0) is 192 Å². The van der Waals surface area contributed by atoms with Gasteiger partial charge in [0.15, 0.2) is 0 Å². The lowest BCUT2D eigenvalue weighted by Gasteiger charge is -2.52. The van der Waals surface area contributed by atoms with Gasteiger partial charge in [-0.25, -0.2) is 0 Å². The minimum Gasteiger partial charge on any atom is -0.365 e. The van der Waals surface area contributed by atoms with Gasteiger partial charge >= 0.3 is 0 Å². The molecule has 0 N–H and O–H groups in total. The van der Waals surface area contributed by atoms with Crippen LogP contribution in [0.15, 0.2) is 106 Å². The van der Waals surface area contributed by atoms with E-state index >= 15 is 0 Å². The van der Waals surface area contributed by atoms with Crippen LogP contribution >= 0.6 is 0 Å². The zero-order valence-corrected chi connectivity index (χ0v) is 36.7. The lowest BCUT2D eigenvalue weighted by molar-refractivity contribution is 0.0273. The summed E-state index contributed by atoms with van der Waals surface area (Å²) in [6, 6.07) is 1.18. The third-order valence-corrected chi connectivity index (χ3v) is 20.6. The van der Waals surface area contributed by atoms with Gasteiger partial charge in [-0.2, -0.15) is 0 Å². The monoisotopic (exact) mass is 774 g/mol. The molecule has 0 heterocycles. The van der Waals surface area contributed by atoms with Crippen molar-refractivity contribution in [2.45, 2.75) is 168 Å². The quantitative estimate of drug-likeness (QED) is 0.257. The molecule has 12 rings (SSSR count). The molecule has 0 bridgehead atoms. The van der Waals surface area contributed by atoms with Crippen LogP contribution in [0.5, 0.6) is 0 Å². The van der Waals surface area contributed by atoms with Gasteiger partial charge in [0.2, 0.25) is 0 Å². The molecule has 1 spiro atoms. The highest BCUT2D eigenvalue weighted by molar-refractivity contribution is 5.48. The fourth-order valence-corrected chi connectivity index (χ4v) is 18.6. The van der Waals surface area contributed by atoms with E-state index in [2.05, 4.69) is 98.6 Å². The van der Waals surface area contributed by atoms with Gasteiger partial charge in [0, 0.05) is 23.2 Å². The van der Waals surface area contributed by atoms with Crippen molar-refractivity contribution in [2.24, 2.45) is 75.4 Å². The lowest BCUT2D eigenvalue weighted by atomic mass is 9.55. The Bertz CT molecular complexity index is 1960. The van der Waals surface area contributed by atoms with Crippen LogP contribution in [-0.4, -0.2) is 17.0 Å². The topological polar surface area (TPSA) is 3.24 Å². The number of hydrogen-bond donors (Lipinski definition) is 0. The van der Waals surface area contributed by atoms with Gasteiger partial charge in [0.1, 0.15) is 0 Å². The van der Waals surface area contributed by atoms with E-state index in [4.69, 9.17) is 0 Å². The fourth-order valence-electron chi connectivity index (χ4n) is 18.6. The highest BCUT2D eigenvalue weighted by Gasteiger charge is 2.74. The molecule has 13 atom stereocenters. The molecule has 4 saturated carbocycles. The van der Waals surface area contributed by atoms with E-state index in [-0.39, 0.29) is 10.8 Å². The number of nitrogens with zero attached hydrogens (tertiary/aromatic N) is 1. The molecule has 0 aromatic carbocycles. The first-order valence-corrected chi connectivity index (χ1v) is 25.4. The summed E-state index contributed by atoms with van der Waals surface area (Å²) in [6.07, 6.45) is 61.4. The number of hydrogen-bond acceptors (Lipinski definition) is 1. The third-order valence-electron chi connectivity index (χ3n) is 20.6. The number of allylic oxidation sites excluding steroid dienone is 15. The Labute approximate surface area is 353 Å². The van der Waals surface area contributed by atoms with E-state index in [1.165, 1.54) is 135 Å². The predicted molar refractivity (Wildman–Crippen MR) is 242 cm³/mol. The molecular weight excluding hydrogens is 699 g/mol. The van der Waals surface area contributed by atoms with E-state index < -0.39 is 0 Å². The van der Waals surface area contributed by atoms with Gasteiger partial charge < -0.3 is 4.90 Å². The van der Waals surface area contributed by atoms with Crippen molar-refractivity contribution in [2.75, 3.05) is 0 Å². The van der Waals surface area contributed by atoms with Gasteiger partial charge in [-0.3, -0.25) is 0 Å². The summed E-state index contributed by atoms with van der Waals surface area (Å²) in [5, 5.41) is 0. The Morgan fingerprint density at radius 3 is 2.41 bits per heavy atom. The summed E-state index contributed by atoms with van der Waals surface area (Å²) < 4.78 is 0. The maximum Gasteiger partial charge on any atom is 0.0369 e. The summed E-state index contributed by atoms with van der Waals surface area (Å²) >= 11 is 0. The van der Waals surface area contributed by atoms with E-state index in [9.17, 15) is 0 Å². The van der Waals surface area contributed by atoms with Crippen molar-refractivity contribution >= 4 is 0 Å². The zero-order chi connectivity index (χ0) is 38.8. The van der Waals surface area contributed by atoms with E-state index in [1.807, 2.05) is 22.3 Å². The summed E-state index contributed by atoms with van der Waals surface area (Å²) in [5.74, 6) is 7.39. The van der Waals surface area contributed by atoms with Crippen LogP contribution in [0.3, 0.4) is 0 Å². The minimum absolute atomic E-state index is 0.204. The maximum absolute atomic E-state index is 3.21. The van der Waals surface area contributed by atoms with Gasteiger partial charge in [0.05, 0.1) is 0 Å². The summed E-state index contributed by atoms with van der Waals surface area (Å²) in [6.45, 7) is 8.05. The first-order valence-electron chi connectivity index (χ1n) is 25.4. The molecule has 0 radical (unpaired) electrons. The Hall–Kier alpha value is -2.54. The van der Waals surface area contributed by atoms with Crippen LogP contribution in [0.4, 0.5) is 0 Å². The standard InChI is InChI=1S/C57H75N/c1-55(2)46-22-11-9-20-43(46)44-33-32-41(36-50(44)55)58(40-30-27-38(28-31-40)37-16-5-4-6-17-37)51-25-15-24-49-54(51)56(3)35-14-13-26-52(56)57(49)47-23-12-10-21-45(47)53-42-19-8-7-18-39(42)29-34-48(53)57/h9-11,15,20-22,24,26-27,32,36-37,40,43-49,51,53-54H,4-8,12-14,16-19,23,25,28-31,33-35H2,1-3H3. The Morgan fingerprint density at radius 2 is 1.53 bits per heavy atom. The number of rotatable bonds is 4. The molecule has 13 unspecified atom stereocenters. The highest BCUT2D eigenvalue weighted by atomic mass is 15.2. The molecule has 1 heteroatoms. The van der Waals surface area contributed by atoms with Crippen molar-refractivity contribution in [1.82, 2.24) is 4.90 Å². The SMILES string of the molecule is CC1(C)C2=CC(N(C3CC=C(C4CCCCC4)CC3)C3CC=CC4C3C3(C)CCCC=C3C43C4CCC=CC4C4C5=C(CCCC5)CCC43)=CCC2C2C=CC=CC21. The van der Waals surface area contributed by atoms with E-state index in [1.54, 1.807) is 11.3 Å². The second-order valence-corrected chi connectivity index (χ2v) is 23.0. The molecule has 1 nitrogen and oxygen atoms in total. The summed E-state index contributed by atoms with van der Waals surface area (Å²) in [5.41, 5.74) is 12.0. The van der Waals surface area contributed by atoms with Gasteiger partial charge in [-0.15, -0.1) is 0 Å². The van der Waals surface area contributed by atoms with Crippen LogP contribution in [0.25, 0.3) is 0 Å². The van der Waals surface area contributed by atoms with Crippen molar-refractivity contribution < 1.29 is 0 Å². The highest BCUT2D eigenvalue weighted by Crippen LogP contribution is 2.79. The van der Waals surface area contributed by atoms with Crippen LogP contribution in [-0.2, 0) is 0 Å². The van der Waals surface area contributed by atoms with E-state index in [0.717, 1.165) is 29.6 Å². The second-order valence-electron chi connectivity index (χ2n) is 23.0. The average molecular weight is 774 g/mol. The zero-order valence-electron chi connectivity index (χ0n) is 36.7. The molecule has 58 heavy (non-hydrogen) atoms. The van der Waals surface area contributed by atoms with Crippen LogP contribution in [0.1, 0.15) is 156 Å². The molecule has 12 aliphatic rings. The van der Waals surface area contributed by atoms with E-state index in [0.29, 0.717) is 47.1 Å². The number of fused-ring (bicyclic) bond motifs is 14. The molecule has 0 aliphatic heterocycles. The largest absolute Gasteiger partial charge is 0.365 e. The molecule has 0 aromatic rings. The molecule has 0 saturated heterocycles. The van der Waals surface area contributed by atoms with Crippen molar-refractivity contribution in [3.8, 4) is 0 Å². The first kappa shape index (κ1) is 37.2. The Kier molecular flexibility index (Phi) is 8.99. The summed E-state index contributed by atoms with van der Waals surface area (Å²) in [4.78, 5) is 3.21. The smallest absolute Gasteiger partial charge is 0.0369 e. The minimum atomic E-state index is 0.204. The molecule has 12 aliphatic carbocycles. The first-order chi connectivity index (χ1) is 28.4. The summed E-state index contributed by atoms with van der Waals surface area (Å²) in [7, 11) is 0. The van der Waals surface area contributed by atoms with Crippen LogP contribution in [0, 0.1) is 75.4 Å². The predicted octanol–water partition coefficient (Wildman–Crippen LogP) is 14.7. The van der Waals surface area contributed by atoms with Crippen molar-refractivity contribution in [3.63, 3.8) is 0 Å². The lowest BCUT2D eigenvalue weighted by Crippen LogP contribution is -2.53. The van der Waals surface area contributed by atoms with Gasteiger partial charge in [0.25, 0.3) is 0 Å². The third kappa shape index (κ3) is 5.18. The van der Waals surface area contributed by atoms with Crippen LogP contribution in [0.2, 0.25) is 0 Å². The molecule has 308 valence electrons. The normalized spacial score (nSPS) is 45.9. The Morgan fingerprint density at radius 1 is 0.655 bits per heavy atom. The van der Waals surface area contributed by atoms with Crippen molar-refractivity contribution in [1.29, 1.82) is 0 Å². The molecular formula is C57H75N. The molecule has 0 amide bonds. The Balaban J connectivity index is 0.983. The second kappa shape index (κ2) is 14.0. The fraction of sp³-hybridized carbons (Fsp3) is 0.684.